The van der Waals surface area contributed by atoms with Gasteiger partial charge in [-0.05, 0) is 48.8 Å². The minimum atomic E-state index is -2.21. The fourth-order valence-corrected chi connectivity index (χ4v) is 8.93. The van der Waals surface area contributed by atoms with Gasteiger partial charge in [0.05, 0.1) is 29.6 Å². The van der Waals surface area contributed by atoms with Gasteiger partial charge in [-0.25, -0.2) is 9.59 Å². The van der Waals surface area contributed by atoms with Crippen molar-refractivity contribution in [3.63, 3.8) is 0 Å². The maximum atomic E-state index is 15.2. The lowest BCUT2D eigenvalue weighted by Gasteiger charge is -2.67. The molecule has 2 N–H and O–H groups in total. The molecule has 9 atom stereocenters. The Morgan fingerprint density at radius 2 is 1.54 bits per heavy atom. The lowest BCUT2D eigenvalue weighted by molar-refractivity contribution is -0.346. The van der Waals surface area contributed by atoms with Crippen molar-refractivity contribution in [2.45, 2.75) is 96.1 Å². The van der Waals surface area contributed by atoms with Gasteiger partial charge in [0.15, 0.2) is 17.5 Å². The molecule has 3 aliphatic carbocycles. The van der Waals surface area contributed by atoms with Gasteiger partial charge < -0.3 is 33.9 Å². The molecule has 2 saturated carbocycles. The van der Waals surface area contributed by atoms with Crippen LogP contribution < -0.4 is 0 Å². The minimum absolute atomic E-state index is 0.132. The summed E-state index contributed by atoms with van der Waals surface area (Å²) in [7, 11) is 0. The molecule has 0 aromatic heterocycles. The first-order chi connectivity index (χ1) is 24.5. The molecular formula is C40H44O12. The minimum Gasteiger partial charge on any atom is -0.455 e. The van der Waals surface area contributed by atoms with Crippen LogP contribution >= 0.6 is 0 Å². The van der Waals surface area contributed by atoms with Gasteiger partial charge in [-0.2, -0.15) is 0 Å². The van der Waals surface area contributed by atoms with Crippen LogP contribution in [0.5, 0.6) is 0 Å². The predicted molar refractivity (Wildman–Crippen MR) is 184 cm³/mol. The number of fused-ring (bicyclic) bond motifs is 5. The Morgan fingerprint density at radius 3 is 2.12 bits per heavy atom. The molecule has 12 nitrogen and oxygen atoms in total. The summed E-state index contributed by atoms with van der Waals surface area (Å²) in [6.45, 7) is 8.40. The van der Waals surface area contributed by atoms with Crippen molar-refractivity contribution >= 4 is 35.7 Å². The number of esters is 4. The highest BCUT2D eigenvalue weighted by Gasteiger charge is 2.78. The monoisotopic (exact) mass is 716 g/mol. The van der Waals surface area contributed by atoms with Crippen LogP contribution in [0.4, 0.5) is 0 Å². The van der Waals surface area contributed by atoms with Crippen LogP contribution in [0.1, 0.15) is 70.3 Å². The summed E-state index contributed by atoms with van der Waals surface area (Å²) in [5.74, 6) is -5.37. The third-order valence-corrected chi connectivity index (χ3v) is 11.7. The van der Waals surface area contributed by atoms with Crippen LogP contribution in [0.25, 0.3) is 6.08 Å². The molecule has 1 aliphatic heterocycles. The number of hydrogen-bond donors (Lipinski definition) is 2. The van der Waals surface area contributed by atoms with Crippen LogP contribution in [0.3, 0.4) is 0 Å². The molecule has 52 heavy (non-hydrogen) atoms. The topological polar surface area (TPSA) is 172 Å². The zero-order valence-corrected chi connectivity index (χ0v) is 30.0. The van der Waals surface area contributed by atoms with E-state index in [9.17, 15) is 29.4 Å². The fourth-order valence-electron chi connectivity index (χ4n) is 8.93. The fraction of sp³-hybridized carbons (Fsp3) is 0.475. The first-order valence-electron chi connectivity index (χ1n) is 17.3. The molecule has 0 unspecified atom stereocenters. The lowest BCUT2D eigenvalue weighted by atomic mass is 9.44. The van der Waals surface area contributed by atoms with Crippen molar-refractivity contribution in [1.82, 2.24) is 0 Å². The van der Waals surface area contributed by atoms with E-state index in [0.717, 1.165) is 12.5 Å². The van der Waals surface area contributed by atoms with E-state index in [1.54, 1.807) is 57.2 Å². The number of hydrogen-bond acceptors (Lipinski definition) is 12. The van der Waals surface area contributed by atoms with Crippen LogP contribution in [-0.4, -0.2) is 88.2 Å². The SMILES string of the molecule is CC(=O)O[C@H]1C(=O)[C@]2(C)[C@H](O)C[C@H]3OC[C@@]3(OC(C)=O)[C@@H]2[C@@H](OC(=O)c2ccccc2)[C@]2(O)C[C@H](OC(=O)/C=C\c3ccccc3)C(C)=C1C2(C)C. The highest BCUT2D eigenvalue weighted by atomic mass is 16.6. The summed E-state index contributed by atoms with van der Waals surface area (Å²) in [5, 5.41) is 25.3. The van der Waals surface area contributed by atoms with Gasteiger partial charge in [-0.15, -0.1) is 0 Å². The van der Waals surface area contributed by atoms with E-state index < -0.39 is 88.1 Å². The van der Waals surface area contributed by atoms with E-state index in [4.69, 9.17) is 23.7 Å². The molecule has 1 heterocycles. The van der Waals surface area contributed by atoms with Gasteiger partial charge in [-0.1, -0.05) is 62.4 Å². The normalized spacial score (nSPS) is 34.8. The standard InChI is InChI=1S/C40H44O12/c1-22-27(50-30(44)18-17-25-13-9-7-10-14-25)20-40(47)35(51-36(46)26-15-11-8-12-16-26)33-38(6,28(43)19-29-39(33,21-48-29)52-24(3)42)34(45)32(49-23(2)41)31(22)37(40,4)5/h7-18,27-29,32-33,35,43,47H,19-21H2,1-6H3/b18-17-/t27-,28+,29+,32+,33+,35+,38+,39-,40+/m0/s1. The third kappa shape index (κ3) is 5.86. The average molecular weight is 717 g/mol. The maximum Gasteiger partial charge on any atom is 0.338 e. The first-order valence-corrected chi connectivity index (χ1v) is 17.3. The number of benzene rings is 2. The predicted octanol–water partition coefficient (Wildman–Crippen LogP) is 3.92. The zero-order chi connectivity index (χ0) is 37.8. The first kappa shape index (κ1) is 37.1. The molecule has 0 amide bonds. The number of aliphatic hydroxyl groups is 2. The number of rotatable bonds is 7. The molecule has 3 fully saturated rings. The zero-order valence-electron chi connectivity index (χ0n) is 30.0. The number of ether oxygens (including phenoxy) is 5. The van der Waals surface area contributed by atoms with Crippen LogP contribution in [-0.2, 0) is 42.9 Å². The molecular weight excluding hydrogens is 672 g/mol. The molecule has 276 valence electrons. The molecule has 6 rings (SSSR count). The van der Waals surface area contributed by atoms with E-state index in [2.05, 4.69) is 0 Å². The van der Waals surface area contributed by atoms with E-state index in [1.165, 1.54) is 32.1 Å². The summed E-state index contributed by atoms with van der Waals surface area (Å²) >= 11 is 0. The summed E-state index contributed by atoms with van der Waals surface area (Å²) in [6.07, 6.45) is -4.70. The van der Waals surface area contributed by atoms with Crippen LogP contribution in [0, 0.1) is 16.7 Å². The third-order valence-electron chi connectivity index (χ3n) is 11.7. The highest BCUT2D eigenvalue weighted by Crippen LogP contribution is 2.64. The van der Waals surface area contributed by atoms with Gasteiger partial charge in [0.25, 0.3) is 0 Å². The lowest BCUT2D eigenvalue weighted by Crippen LogP contribution is -2.82. The maximum absolute atomic E-state index is 15.2. The molecule has 0 spiro atoms. The van der Waals surface area contributed by atoms with Crippen molar-refractivity contribution < 1.29 is 57.9 Å². The molecule has 12 heteroatoms. The van der Waals surface area contributed by atoms with Crippen molar-refractivity contribution in [2.75, 3.05) is 6.61 Å². The van der Waals surface area contributed by atoms with Crippen molar-refractivity contribution in [3.8, 4) is 0 Å². The summed E-state index contributed by atoms with van der Waals surface area (Å²) in [5.41, 5.74) is -6.01. The van der Waals surface area contributed by atoms with E-state index >= 15 is 4.79 Å². The van der Waals surface area contributed by atoms with E-state index in [0.29, 0.717) is 5.57 Å². The second kappa shape index (κ2) is 13.4. The smallest absolute Gasteiger partial charge is 0.338 e. The Labute approximate surface area is 301 Å². The van der Waals surface area contributed by atoms with E-state index in [1.807, 2.05) is 18.2 Å². The quantitative estimate of drug-likeness (QED) is 0.184. The molecule has 2 aromatic rings. The van der Waals surface area contributed by atoms with Gasteiger partial charge >= 0.3 is 23.9 Å². The molecule has 4 aliphatic rings. The average Bonchev–Trinajstić information content (AvgIpc) is 3.09. The van der Waals surface area contributed by atoms with Gasteiger partial charge in [0.1, 0.15) is 23.9 Å². The second-order valence-corrected chi connectivity index (χ2v) is 14.9. The van der Waals surface area contributed by atoms with Gasteiger partial charge in [0.2, 0.25) is 0 Å². The van der Waals surface area contributed by atoms with Gasteiger partial charge in [0, 0.05) is 38.2 Å². The molecule has 2 aromatic carbocycles. The number of Topliss-reactive ketones (excluding diaryl/α,β-unsaturated/α-hetero) is 1. The molecule has 0 radical (unpaired) electrons. The summed E-state index contributed by atoms with van der Waals surface area (Å²) < 4.78 is 30.0. The Bertz CT molecular complexity index is 1830. The number of carbonyl (C=O) groups excluding carboxylic acids is 5. The van der Waals surface area contributed by atoms with Crippen LogP contribution in [0.15, 0.2) is 77.9 Å². The highest BCUT2D eigenvalue weighted by molar-refractivity contribution is 5.95. The molecule has 2 bridgehead atoms. The Balaban J connectivity index is 1.59. The molecule has 1 saturated heterocycles. The Hall–Kier alpha value is -4.65. The number of aliphatic hydroxyl groups excluding tert-OH is 1. The summed E-state index contributed by atoms with van der Waals surface area (Å²) in [6, 6.07) is 17.1. The van der Waals surface area contributed by atoms with Gasteiger partial charge in [-0.3, -0.25) is 14.4 Å². The largest absolute Gasteiger partial charge is 0.455 e. The number of ketones is 1. The Kier molecular flexibility index (Phi) is 9.56. The van der Waals surface area contributed by atoms with Crippen molar-refractivity contribution in [3.05, 3.63) is 89.0 Å². The second-order valence-electron chi connectivity index (χ2n) is 14.9. The van der Waals surface area contributed by atoms with Crippen LogP contribution in [0.2, 0.25) is 0 Å². The Morgan fingerprint density at radius 1 is 0.904 bits per heavy atom. The van der Waals surface area contributed by atoms with Crippen molar-refractivity contribution in [1.29, 1.82) is 0 Å². The van der Waals surface area contributed by atoms with Crippen molar-refractivity contribution in [2.24, 2.45) is 16.7 Å². The number of carbonyl (C=O) groups is 5. The summed E-state index contributed by atoms with van der Waals surface area (Å²) in [4.78, 5) is 68.3. The van der Waals surface area contributed by atoms with E-state index in [-0.39, 0.29) is 30.6 Å².